The van der Waals surface area contributed by atoms with Gasteiger partial charge in [-0.15, -0.1) is 0 Å². The number of carbonyl (C=O) groups excluding carboxylic acids is 2. The highest BCUT2D eigenvalue weighted by Gasteiger charge is 2.09. The third kappa shape index (κ3) is 5.53. The van der Waals surface area contributed by atoms with Gasteiger partial charge in [0.1, 0.15) is 0 Å². The fourth-order valence-electron chi connectivity index (χ4n) is 0.909. The minimum atomic E-state index is -0.293. The van der Waals surface area contributed by atoms with Crippen molar-refractivity contribution >= 4 is 11.9 Å². The zero-order chi connectivity index (χ0) is 11.0. The Kier molecular flexibility index (Phi) is 6.74. The van der Waals surface area contributed by atoms with E-state index < -0.39 is 0 Å². The number of rotatable bonds is 6. The van der Waals surface area contributed by atoms with Crippen molar-refractivity contribution in [2.24, 2.45) is 0 Å². The van der Waals surface area contributed by atoms with Crippen molar-refractivity contribution in [3.05, 3.63) is 0 Å². The SMILES string of the molecule is CNCCC(=O)N(C)CCC(=O)OC. The molecule has 1 N–H and O–H groups in total. The molecule has 0 aromatic carbocycles. The first-order valence-corrected chi connectivity index (χ1v) is 4.57. The maximum Gasteiger partial charge on any atom is 0.307 e. The highest BCUT2D eigenvalue weighted by Crippen LogP contribution is 1.93. The Balaban J connectivity index is 3.66. The van der Waals surface area contributed by atoms with Crippen LogP contribution in [0.4, 0.5) is 0 Å². The summed E-state index contributed by atoms with van der Waals surface area (Å²) in [6.07, 6.45) is 0.701. The lowest BCUT2D eigenvalue weighted by atomic mass is 10.3. The molecule has 14 heavy (non-hydrogen) atoms. The standard InChI is InChI=1S/C9H18N2O3/c1-10-6-4-8(12)11(2)7-5-9(13)14-3/h10H,4-7H2,1-3H3. The molecular weight excluding hydrogens is 184 g/mol. The highest BCUT2D eigenvalue weighted by molar-refractivity contribution is 5.77. The zero-order valence-corrected chi connectivity index (χ0v) is 9.00. The van der Waals surface area contributed by atoms with Gasteiger partial charge >= 0.3 is 5.97 Å². The van der Waals surface area contributed by atoms with Crippen molar-refractivity contribution in [3.8, 4) is 0 Å². The molecule has 0 aliphatic rings. The average molecular weight is 202 g/mol. The normalized spacial score (nSPS) is 9.64. The van der Waals surface area contributed by atoms with E-state index in [9.17, 15) is 9.59 Å². The summed E-state index contributed by atoms with van der Waals surface area (Å²) in [5.74, 6) is -0.262. The quantitative estimate of drug-likeness (QED) is 0.596. The smallest absolute Gasteiger partial charge is 0.307 e. The van der Waals surface area contributed by atoms with Gasteiger partial charge in [-0.2, -0.15) is 0 Å². The number of carbonyl (C=O) groups is 2. The van der Waals surface area contributed by atoms with Crippen LogP contribution in [-0.4, -0.2) is 51.1 Å². The number of nitrogens with zero attached hydrogens (tertiary/aromatic N) is 1. The van der Waals surface area contributed by atoms with Gasteiger partial charge in [-0.05, 0) is 7.05 Å². The van der Waals surface area contributed by atoms with Crippen molar-refractivity contribution in [2.45, 2.75) is 12.8 Å². The molecule has 82 valence electrons. The van der Waals surface area contributed by atoms with Gasteiger partial charge in [0, 0.05) is 26.6 Å². The molecule has 0 heterocycles. The van der Waals surface area contributed by atoms with Crippen LogP contribution >= 0.6 is 0 Å². The molecule has 0 unspecified atom stereocenters. The fraction of sp³-hybridized carbons (Fsp3) is 0.778. The molecule has 0 aliphatic heterocycles. The van der Waals surface area contributed by atoms with Crippen LogP contribution in [0.15, 0.2) is 0 Å². The minimum absolute atomic E-state index is 0.0308. The lowest BCUT2D eigenvalue weighted by Gasteiger charge is -2.16. The summed E-state index contributed by atoms with van der Waals surface area (Å²) in [4.78, 5) is 23.7. The summed E-state index contributed by atoms with van der Waals surface area (Å²) in [7, 11) is 4.81. The summed E-state index contributed by atoms with van der Waals surface area (Å²) in [5.41, 5.74) is 0. The number of methoxy groups -OCH3 is 1. The van der Waals surface area contributed by atoms with Crippen molar-refractivity contribution in [3.63, 3.8) is 0 Å². The van der Waals surface area contributed by atoms with Gasteiger partial charge in [0.15, 0.2) is 0 Å². The van der Waals surface area contributed by atoms with Crippen LogP contribution in [0.1, 0.15) is 12.8 Å². The topological polar surface area (TPSA) is 58.6 Å². The molecular formula is C9H18N2O3. The number of amides is 1. The lowest BCUT2D eigenvalue weighted by Crippen LogP contribution is -2.31. The summed E-state index contributed by atoms with van der Waals surface area (Å²) in [6, 6.07) is 0. The van der Waals surface area contributed by atoms with E-state index in [-0.39, 0.29) is 18.3 Å². The third-order valence-corrected chi connectivity index (χ3v) is 1.89. The van der Waals surface area contributed by atoms with Gasteiger partial charge in [0.25, 0.3) is 0 Å². The number of hydrogen-bond acceptors (Lipinski definition) is 4. The minimum Gasteiger partial charge on any atom is -0.469 e. The van der Waals surface area contributed by atoms with Crippen molar-refractivity contribution in [2.75, 3.05) is 34.3 Å². The lowest BCUT2D eigenvalue weighted by molar-refractivity contribution is -0.141. The van der Waals surface area contributed by atoms with Gasteiger partial charge in [-0.1, -0.05) is 0 Å². The van der Waals surface area contributed by atoms with Crippen LogP contribution in [-0.2, 0) is 14.3 Å². The zero-order valence-electron chi connectivity index (χ0n) is 9.00. The molecule has 5 heteroatoms. The molecule has 0 saturated heterocycles. The molecule has 1 amide bonds. The van der Waals surface area contributed by atoms with E-state index in [1.54, 1.807) is 14.1 Å². The molecule has 0 atom stereocenters. The summed E-state index contributed by atoms with van der Waals surface area (Å²) >= 11 is 0. The summed E-state index contributed by atoms with van der Waals surface area (Å²) < 4.78 is 4.47. The Morgan fingerprint density at radius 3 is 2.50 bits per heavy atom. The van der Waals surface area contributed by atoms with Crippen molar-refractivity contribution in [1.82, 2.24) is 10.2 Å². The van der Waals surface area contributed by atoms with E-state index in [4.69, 9.17) is 0 Å². The van der Waals surface area contributed by atoms with Crippen molar-refractivity contribution < 1.29 is 14.3 Å². The molecule has 0 radical (unpaired) electrons. The van der Waals surface area contributed by atoms with E-state index >= 15 is 0 Å². The first-order valence-electron chi connectivity index (χ1n) is 4.57. The van der Waals surface area contributed by atoms with E-state index in [2.05, 4.69) is 10.1 Å². The van der Waals surface area contributed by atoms with Crippen LogP contribution < -0.4 is 5.32 Å². The Bertz CT molecular complexity index is 194. The van der Waals surface area contributed by atoms with Gasteiger partial charge in [-0.25, -0.2) is 0 Å². The maximum atomic E-state index is 11.3. The summed E-state index contributed by atoms with van der Waals surface area (Å²) in [6.45, 7) is 1.07. The second-order valence-corrected chi connectivity index (χ2v) is 2.99. The molecule has 0 rings (SSSR count). The first kappa shape index (κ1) is 12.9. The monoisotopic (exact) mass is 202 g/mol. The number of esters is 1. The second-order valence-electron chi connectivity index (χ2n) is 2.99. The maximum absolute atomic E-state index is 11.3. The highest BCUT2D eigenvalue weighted by atomic mass is 16.5. The Morgan fingerprint density at radius 1 is 1.36 bits per heavy atom. The van der Waals surface area contributed by atoms with Gasteiger partial charge in [-0.3, -0.25) is 9.59 Å². The Hall–Kier alpha value is -1.10. The third-order valence-electron chi connectivity index (χ3n) is 1.89. The number of ether oxygens (including phenoxy) is 1. The molecule has 0 spiro atoms. The van der Waals surface area contributed by atoms with Crippen LogP contribution in [0.2, 0.25) is 0 Å². The van der Waals surface area contributed by atoms with Crippen LogP contribution in [0.5, 0.6) is 0 Å². The van der Waals surface area contributed by atoms with E-state index in [0.29, 0.717) is 19.5 Å². The van der Waals surface area contributed by atoms with Crippen LogP contribution in [0, 0.1) is 0 Å². The molecule has 0 saturated carbocycles. The van der Waals surface area contributed by atoms with Gasteiger partial charge in [0.2, 0.25) is 5.91 Å². The number of hydrogen-bond donors (Lipinski definition) is 1. The first-order chi connectivity index (χ1) is 6.61. The van der Waals surface area contributed by atoms with E-state index in [1.165, 1.54) is 12.0 Å². The Morgan fingerprint density at radius 2 is 2.00 bits per heavy atom. The summed E-state index contributed by atoms with van der Waals surface area (Å²) in [5, 5.41) is 2.89. The van der Waals surface area contributed by atoms with Crippen LogP contribution in [0.25, 0.3) is 0 Å². The fourth-order valence-corrected chi connectivity index (χ4v) is 0.909. The number of nitrogens with one attached hydrogen (secondary N) is 1. The molecule has 5 nitrogen and oxygen atoms in total. The van der Waals surface area contributed by atoms with Crippen LogP contribution in [0.3, 0.4) is 0 Å². The van der Waals surface area contributed by atoms with Gasteiger partial charge in [0.05, 0.1) is 13.5 Å². The Labute approximate surface area is 84.4 Å². The molecule has 0 fully saturated rings. The average Bonchev–Trinajstić information content (AvgIpc) is 2.21. The van der Waals surface area contributed by atoms with E-state index in [0.717, 1.165) is 0 Å². The predicted molar refractivity (Wildman–Crippen MR) is 52.8 cm³/mol. The molecule has 0 aliphatic carbocycles. The second kappa shape index (κ2) is 7.32. The molecule has 0 bridgehead atoms. The largest absolute Gasteiger partial charge is 0.469 e. The molecule has 0 aromatic heterocycles. The van der Waals surface area contributed by atoms with Crippen molar-refractivity contribution in [1.29, 1.82) is 0 Å². The predicted octanol–water partition coefficient (Wildman–Crippen LogP) is -0.383. The van der Waals surface area contributed by atoms with Gasteiger partial charge < -0.3 is 15.0 Å². The molecule has 0 aromatic rings. The van der Waals surface area contributed by atoms with E-state index in [1.807, 2.05) is 0 Å².